The lowest BCUT2D eigenvalue weighted by Gasteiger charge is -2.29. The lowest BCUT2D eigenvalue weighted by Crippen LogP contribution is -2.43. The van der Waals surface area contributed by atoms with Crippen molar-refractivity contribution < 1.29 is 0 Å². The van der Waals surface area contributed by atoms with E-state index in [2.05, 4.69) is 22.9 Å². The Morgan fingerprint density at radius 1 is 1.40 bits per heavy atom. The van der Waals surface area contributed by atoms with Crippen LogP contribution in [0.25, 0.3) is 0 Å². The standard InChI is InChI=1S/C12H20N2S/c13-14-12(9-11-7-4-8-15-11)10-5-2-1-3-6-10/h4,7-8,10,12,14H,1-3,5-6,9,13H2. The van der Waals surface area contributed by atoms with Crippen molar-refractivity contribution in [1.82, 2.24) is 5.43 Å². The van der Waals surface area contributed by atoms with Crippen LogP contribution in [-0.2, 0) is 6.42 Å². The van der Waals surface area contributed by atoms with Crippen molar-refractivity contribution in [3.05, 3.63) is 22.4 Å². The fourth-order valence-corrected chi connectivity index (χ4v) is 3.31. The van der Waals surface area contributed by atoms with Crippen LogP contribution < -0.4 is 11.3 Å². The molecular weight excluding hydrogens is 204 g/mol. The van der Waals surface area contributed by atoms with Gasteiger partial charge >= 0.3 is 0 Å². The Kier molecular flexibility index (Phi) is 4.18. The first-order valence-electron chi connectivity index (χ1n) is 5.88. The van der Waals surface area contributed by atoms with Crippen molar-refractivity contribution >= 4 is 11.3 Å². The second-order valence-electron chi connectivity index (χ2n) is 4.45. The minimum Gasteiger partial charge on any atom is -0.271 e. The van der Waals surface area contributed by atoms with E-state index in [1.54, 1.807) is 0 Å². The van der Waals surface area contributed by atoms with E-state index in [0.29, 0.717) is 6.04 Å². The quantitative estimate of drug-likeness (QED) is 0.609. The van der Waals surface area contributed by atoms with Crippen LogP contribution in [0.2, 0.25) is 0 Å². The highest BCUT2D eigenvalue weighted by molar-refractivity contribution is 7.09. The van der Waals surface area contributed by atoms with E-state index in [9.17, 15) is 0 Å². The zero-order valence-electron chi connectivity index (χ0n) is 9.11. The van der Waals surface area contributed by atoms with Gasteiger partial charge in [-0.1, -0.05) is 25.3 Å². The minimum absolute atomic E-state index is 0.476. The number of thiophene rings is 1. The summed E-state index contributed by atoms with van der Waals surface area (Å²) in [7, 11) is 0. The van der Waals surface area contributed by atoms with Gasteiger partial charge in [0, 0.05) is 10.9 Å². The summed E-state index contributed by atoms with van der Waals surface area (Å²) in [6, 6.07) is 4.80. The monoisotopic (exact) mass is 224 g/mol. The Hall–Kier alpha value is -0.380. The fraction of sp³-hybridized carbons (Fsp3) is 0.667. The molecule has 0 amide bonds. The average molecular weight is 224 g/mol. The number of nitrogens with one attached hydrogen (secondary N) is 1. The molecule has 2 nitrogen and oxygen atoms in total. The summed E-state index contributed by atoms with van der Waals surface area (Å²) in [4.78, 5) is 1.45. The third-order valence-corrected chi connectivity index (χ3v) is 4.33. The summed E-state index contributed by atoms with van der Waals surface area (Å²) in [5, 5.41) is 2.14. The van der Waals surface area contributed by atoms with Gasteiger partial charge in [-0.2, -0.15) is 0 Å². The van der Waals surface area contributed by atoms with Crippen LogP contribution in [0, 0.1) is 5.92 Å². The molecule has 0 saturated heterocycles. The molecule has 0 radical (unpaired) electrons. The van der Waals surface area contributed by atoms with Crippen LogP contribution in [-0.4, -0.2) is 6.04 Å². The van der Waals surface area contributed by atoms with Crippen LogP contribution >= 0.6 is 11.3 Å². The second-order valence-corrected chi connectivity index (χ2v) is 5.49. The average Bonchev–Trinajstić information content (AvgIpc) is 2.80. The van der Waals surface area contributed by atoms with Crippen molar-refractivity contribution in [2.24, 2.45) is 11.8 Å². The molecule has 1 fully saturated rings. The zero-order valence-corrected chi connectivity index (χ0v) is 9.93. The molecule has 1 heterocycles. The predicted octanol–water partition coefficient (Wildman–Crippen LogP) is 2.70. The normalized spacial score (nSPS) is 20.3. The molecule has 1 aromatic rings. The molecule has 0 spiro atoms. The molecule has 1 aromatic heterocycles. The first-order valence-corrected chi connectivity index (χ1v) is 6.76. The van der Waals surface area contributed by atoms with Gasteiger partial charge in [-0.15, -0.1) is 11.3 Å². The maximum Gasteiger partial charge on any atom is 0.0286 e. The van der Waals surface area contributed by atoms with E-state index in [0.717, 1.165) is 12.3 Å². The number of hydrazine groups is 1. The van der Waals surface area contributed by atoms with Gasteiger partial charge in [-0.05, 0) is 36.6 Å². The fourth-order valence-electron chi connectivity index (χ4n) is 2.54. The SMILES string of the molecule is NNC(Cc1cccs1)C1CCCCC1. The van der Waals surface area contributed by atoms with Crippen LogP contribution in [0.15, 0.2) is 17.5 Å². The van der Waals surface area contributed by atoms with Gasteiger partial charge in [0.05, 0.1) is 0 Å². The van der Waals surface area contributed by atoms with Crippen molar-refractivity contribution in [3.63, 3.8) is 0 Å². The largest absolute Gasteiger partial charge is 0.271 e. The summed E-state index contributed by atoms with van der Waals surface area (Å²) in [5.74, 6) is 6.46. The highest BCUT2D eigenvalue weighted by Crippen LogP contribution is 2.28. The van der Waals surface area contributed by atoms with E-state index in [1.807, 2.05) is 11.3 Å². The minimum atomic E-state index is 0.476. The van der Waals surface area contributed by atoms with Crippen molar-refractivity contribution in [1.29, 1.82) is 0 Å². The van der Waals surface area contributed by atoms with E-state index in [1.165, 1.54) is 37.0 Å². The Morgan fingerprint density at radius 3 is 2.80 bits per heavy atom. The molecule has 0 bridgehead atoms. The zero-order chi connectivity index (χ0) is 10.5. The molecule has 1 atom stereocenters. The molecule has 3 heteroatoms. The van der Waals surface area contributed by atoms with Crippen LogP contribution in [0.4, 0.5) is 0 Å². The van der Waals surface area contributed by atoms with Gasteiger partial charge in [-0.3, -0.25) is 11.3 Å². The Bertz CT molecular complexity index is 265. The van der Waals surface area contributed by atoms with E-state index < -0.39 is 0 Å². The van der Waals surface area contributed by atoms with Crippen molar-refractivity contribution in [2.75, 3.05) is 0 Å². The summed E-state index contributed by atoms with van der Waals surface area (Å²) in [5.41, 5.74) is 3.02. The van der Waals surface area contributed by atoms with Crippen LogP contribution in [0.3, 0.4) is 0 Å². The summed E-state index contributed by atoms with van der Waals surface area (Å²) in [6.07, 6.45) is 7.96. The first kappa shape index (κ1) is 11.1. The van der Waals surface area contributed by atoms with Crippen molar-refractivity contribution in [2.45, 2.75) is 44.6 Å². The number of nitrogens with two attached hydrogens (primary N) is 1. The lowest BCUT2D eigenvalue weighted by molar-refractivity contribution is 0.269. The highest BCUT2D eigenvalue weighted by Gasteiger charge is 2.22. The van der Waals surface area contributed by atoms with E-state index in [-0.39, 0.29) is 0 Å². The van der Waals surface area contributed by atoms with Crippen LogP contribution in [0.5, 0.6) is 0 Å². The van der Waals surface area contributed by atoms with E-state index >= 15 is 0 Å². The van der Waals surface area contributed by atoms with Gasteiger partial charge in [-0.25, -0.2) is 0 Å². The third-order valence-electron chi connectivity index (χ3n) is 3.43. The lowest BCUT2D eigenvalue weighted by atomic mass is 9.83. The molecule has 1 unspecified atom stereocenters. The molecule has 3 N–H and O–H groups in total. The van der Waals surface area contributed by atoms with Crippen LogP contribution in [0.1, 0.15) is 37.0 Å². The Morgan fingerprint density at radius 2 is 2.20 bits per heavy atom. The molecule has 2 rings (SSSR count). The molecule has 1 aliphatic rings. The Balaban J connectivity index is 1.91. The summed E-state index contributed by atoms with van der Waals surface area (Å²) >= 11 is 1.84. The summed E-state index contributed by atoms with van der Waals surface area (Å²) < 4.78 is 0. The topological polar surface area (TPSA) is 38.0 Å². The Labute approximate surface area is 95.8 Å². The van der Waals surface area contributed by atoms with Crippen molar-refractivity contribution in [3.8, 4) is 0 Å². The molecule has 0 aliphatic heterocycles. The number of hydrogen-bond donors (Lipinski definition) is 2. The second kappa shape index (κ2) is 5.64. The molecule has 1 aliphatic carbocycles. The first-order chi connectivity index (χ1) is 7.40. The predicted molar refractivity (Wildman–Crippen MR) is 65.7 cm³/mol. The van der Waals surface area contributed by atoms with Gasteiger partial charge in [0.25, 0.3) is 0 Å². The van der Waals surface area contributed by atoms with Gasteiger partial charge in [0.15, 0.2) is 0 Å². The molecule has 1 saturated carbocycles. The molecular formula is C12H20N2S. The molecule has 15 heavy (non-hydrogen) atoms. The maximum absolute atomic E-state index is 5.67. The van der Waals surface area contributed by atoms with Gasteiger partial charge in [0.2, 0.25) is 0 Å². The van der Waals surface area contributed by atoms with Gasteiger partial charge in [0.1, 0.15) is 0 Å². The van der Waals surface area contributed by atoms with Gasteiger partial charge < -0.3 is 0 Å². The number of rotatable bonds is 4. The third kappa shape index (κ3) is 3.03. The maximum atomic E-state index is 5.67. The highest BCUT2D eigenvalue weighted by atomic mass is 32.1. The smallest absolute Gasteiger partial charge is 0.0286 e. The van der Waals surface area contributed by atoms with E-state index in [4.69, 9.17) is 5.84 Å². The molecule has 84 valence electrons. The summed E-state index contributed by atoms with van der Waals surface area (Å²) in [6.45, 7) is 0. The number of hydrogen-bond acceptors (Lipinski definition) is 3. The molecule has 0 aromatic carbocycles.